The number of carbonyl (C=O) groups excluding carboxylic acids is 1. The Bertz CT molecular complexity index is 2090. The Hall–Kier alpha value is -5.60. The van der Waals surface area contributed by atoms with Gasteiger partial charge in [0.05, 0.1) is 29.4 Å². The average molecular weight is 667 g/mol. The van der Waals surface area contributed by atoms with E-state index in [4.69, 9.17) is 26.5 Å². The predicted molar refractivity (Wildman–Crippen MR) is 197 cm³/mol. The first-order valence-electron chi connectivity index (χ1n) is 16.4. The van der Waals surface area contributed by atoms with Gasteiger partial charge in [0.25, 0.3) is 0 Å². The lowest BCUT2D eigenvalue weighted by Crippen LogP contribution is -2.62. The lowest BCUT2D eigenvalue weighted by atomic mass is 9.85. The van der Waals surface area contributed by atoms with Crippen molar-refractivity contribution >= 4 is 52.0 Å². The number of ether oxygens (including phenoxy) is 1. The van der Waals surface area contributed by atoms with Crippen LogP contribution in [0.25, 0.3) is 0 Å². The largest absolute Gasteiger partial charge is 0.460 e. The third-order valence-electron chi connectivity index (χ3n) is 9.49. The van der Waals surface area contributed by atoms with Crippen LogP contribution < -0.4 is 19.8 Å². The SMILES string of the molecule is CCOC(=O)C1=NN(c2ccc(Cl)cc2)C2(C)CC3(c4ccccc4)N(c4ccccc4)N=C(c4ccc(C)cc4)N3c3ccccc3N12. The number of aryl methyl sites for hydroxylation is 1. The van der Waals surface area contributed by atoms with Gasteiger partial charge in [-0.05, 0) is 69.3 Å². The molecule has 0 amide bonds. The fourth-order valence-corrected chi connectivity index (χ4v) is 7.53. The Labute approximate surface area is 291 Å². The molecule has 3 heterocycles. The molecule has 5 aromatic rings. The minimum absolute atomic E-state index is 0.205. The zero-order valence-electron chi connectivity index (χ0n) is 27.5. The summed E-state index contributed by atoms with van der Waals surface area (Å²) in [6.45, 7) is 6.25. The Morgan fingerprint density at radius 2 is 1.33 bits per heavy atom. The average Bonchev–Trinajstić information content (AvgIpc) is 3.59. The number of nitrogens with zero attached hydrogens (tertiary/aromatic N) is 6. The number of anilines is 4. The number of amidine groups is 2. The highest BCUT2D eigenvalue weighted by Gasteiger charge is 2.63. The van der Waals surface area contributed by atoms with E-state index in [1.807, 2.05) is 83.6 Å². The van der Waals surface area contributed by atoms with Crippen LogP contribution in [0.1, 0.15) is 37.0 Å². The van der Waals surface area contributed by atoms with E-state index in [1.54, 1.807) is 0 Å². The van der Waals surface area contributed by atoms with Gasteiger partial charge in [0, 0.05) is 22.6 Å². The number of para-hydroxylation sites is 3. The molecule has 49 heavy (non-hydrogen) atoms. The first-order valence-corrected chi connectivity index (χ1v) is 16.8. The smallest absolute Gasteiger partial charge is 0.376 e. The van der Waals surface area contributed by atoms with Crippen molar-refractivity contribution in [1.82, 2.24) is 0 Å². The summed E-state index contributed by atoms with van der Waals surface area (Å²) in [6, 6.07) is 45.0. The number of hydrogen-bond acceptors (Lipinski definition) is 8. The number of carbonyl (C=O) groups is 1. The number of esters is 1. The van der Waals surface area contributed by atoms with Crippen molar-refractivity contribution in [3.63, 3.8) is 0 Å². The highest BCUT2D eigenvalue weighted by molar-refractivity contribution is 6.43. The first-order chi connectivity index (χ1) is 23.8. The van der Waals surface area contributed by atoms with Gasteiger partial charge in [-0.15, -0.1) is 5.10 Å². The van der Waals surface area contributed by atoms with Crippen molar-refractivity contribution in [3.05, 3.63) is 155 Å². The molecule has 0 saturated heterocycles. The summed E-state index contributed by atoms with van der Waals surface area (Å²) in [4.78, 5) is 18.3. The Balaban J connectivity index is 1.47. The van der Waals surface area contributed by atoms with Gasteiger partial charge in [0.2, 0.25) is 5.84 Å². The van der Waals surface area contributed by atoms with Crippen LogP contribution in [0.3, 0.4) is 0 Å². The summed E-state index contributed by atoms with van der Waals surface area (Å²) in [5, 5.41) is 15.3. The van der Waals surface area contributed by atoms with E-state index in [0.717, 1.165) is 45.3 Å². The number of benzene rings is 5. The van der Waals surface area contributed by atoms with Gasteiger partial charge in [0.15, 0.2) is 11.5 Å². The van der Waals surface area contributed by atoms with Crippen LogP contribution in [0.2, 0.25) is 5.02 Å². The minimum atomic E-state index is -0.956. The highest BCUT2D eigenvalue weighted by Crippen LogP contribution is 2.57. The maximum Gasteiger partial charge on any atom is 0.376 e. The summed E-state index contributed by atoms with van der Waals surface area (Å²) in [5.74, 6) is 0.497. The van der Waals surface area contributed by atoms with Gasteiger partial charge in [-0.2, -0.15) is 5.10 Å². The van der Waals surface area contributed by atoms with Crippen LogP contribution in [0, 0.1) is 6.92 Å². The third-order valence-corrected chi connectivity index (χ3v) is 9.74. The zero-order chi connectivity index (χ0) is 33.8. The summed E-state index contributed by atoms with van der Waals surface area (Å²) in [5.41, 5.74) is 4.67. The van der Waals surface area contributed by atoms with Crippen LogP contribution in [0.4, 0.5) is 22.7 Å². The van der Waals surface area contributed by atoms with Crippen LogP contribution >= 0.6 is 11.6 Å². The molecule has 0 aliphatic carbocycles. The van der Waals surface area contributed by atoms with E-state index in [2.05, 4.69) is 90.5 Å². The molecule has 8 rings (SSSR count). The molecule has 0 spiro atoms. The molecular weight excluding hydrogens is 632 g/mol. The quantitative estimate of drug-likeness (QED) is 0.169. The highest BCUT2D eigenvalue weighted by atomic mass is 35.5. The van der Waals surface area contributed by atoms with E-state index < -0.39 is 17.3 Å². The van der Waals surface area contributed by atoms with Gasteiger partial charge in [-0.3, -0.25) is 9.80 Å². The van der Waals surface area contributed by atoms with E-state index in [-0.39, 0.29) is 12.4 Å². The maximum absolute atomic E-state index is 13.9. The number of hydrogen-bond donors (Lipinski definition) is 0. The van der Waals surface area contributed by atoms with Crippen molar-refractivity contribution in [3.8, 4) is 0 Å². The van der Waals surface area contributed by atoms with E-state index in [1.165, 1.54) is 0 Å². The molecule has 5 aromatic carbocycles. The number of halogens is 1. The predicted octanol–water partition coefficient (Wildman–Crippen LogP) is 8.51. The molecule has 2 atom stereocenters. The van der Waals surface area contributed by atoms with Crippen molar-refractivity contribution in [2.24, 2.45) is 10.2 Å². The van der Waals surface area contributed by atoms with Gasteiger partial charge in [-0.1, -0.05) is 102 Å². The Kier molecular flexibility index (Phi) is 7.41. The second kappa shape index (κ2) is 11.8. The fourth-order valence-electron chi connectivity index (χ4n) is 7.40. The first kappa shape index (κ1) is 30.7. The lowest BCUT2D eigenvalue weighted by Gasteiger charge is -2.49. The lowest BCUT2D eigenvalue weighted by molar-refractivity contribution is -0.135. The third kappa shape index (κ3) is 4.77. The van der Waals surface area contributed by atoms with Crippen molar-refractivity contribution in [1.29, 1.82) is 0 Å². The van der Waals surface area contributed by atoms with E-state index in [0.29, 0.717) is 11.4 Å². The van der Waals surface area contributed by atoms with Crippen LogP contribution in [0.5, 0.6) is 0 Å². The van der Waals surface area contributed by atoms with Crippen molar-refractivity contribution in [2.45, 2.75) is 38.5 Å². The van der Waals surface area contributed by atoms with Crippen LogP contribution in [0.15, 0.2) is 144 Å². The molecule has 0 bridgehead atoms. The van der Waals surface area contributed by atoms with Crippen LogP contribution in [-0.4, -0.2) is 29.9 Å². The van der Waals surface area contributed by atoms with Crippen molar-refractivity contribution < 1.29 is 9.53 Å². The second-order valence-corrected chi connectivity index (χ2v) is 13.0. The van der Waals surface area contributed by atoms with E-state index >= 15 is 0 Å². The number of rotatable bonds is 6. The molecule has 2 unspecified atom stereocenters. The molecular formula is C40H35ClN6O2. The minimum Gasteiger partial charge on any atom is -0.460 e. The molecule has 8 nitrogen and oxygen atoms in total. The monoisotopic (exact) mass is 666 g/mol. The van der Waals surface area contributed by atoms with Gasteiger partial charge in [0.1, 0.15) is 5.66 Å². The molecule has 0 N–H and O–H groups in total. The molecule has 0 fully saturated rings. The Morgan fingerprint density at radius 3 is 1.98 bits per heavy atom. The molecule has 9 heteroatoms. The molecule has 0 aromatic heterocycles. The topological polar surface area (TPSA) is 64.0 Å². The zero-order valence-corrected chi connectivity index (χ0v) is 28.2. The molecule has 3 aliphatic rings. The number of fused-ring (bicyclic) bond motifs is 5. The number of hydrazone groups is 2. The molecule has 3 aliphatic heterocycles. The summed E-state index contributed by atoms with van der Waals surface area (Å²) in [7, 11) is 0. The maximum atomic E-state index is 13.9. The Morgan fingerprint density at radius 1 is 0.735 bits per heavy atom. The second-order valence-electron chi connectivity index (χ2n) is 12.6. The molecule has 0 radical (unpaired) electrons. The van der Waals surface area contributed by atoms with Gasteiger partial charge in [-0.25, -0.2) is 14.8 Å². The van der Waals surface area contributed by atoms with Gasteiger partial charge >= 0.3 is 5.97 Å². The fraction of sp³-hybridized carbons (Fsp3) is 0.175. The standard InChI is InChI=1S/C40H35ClN6O2/c1-4-49-38(48)37-43-46(33-25-23-31(41)24-26-33)39(3)27-40(30-13-7-5-8-14-30)45(35-18-12-11-17-34(35)44(37)39)36(29-21-19-28(2)20-22-29)42-47(40)32-15-9-6-10-16-32/h5-26H,4,27H2,1-3H3. The summed E-state index contributed by atoms with van der Waals surface area (Å²) >= 11 is 6.38. The normalized spacial score (nSPS) is 21.0. The van der Waals surface area contributed by atoms with Crippen LogP contribution in [-0.2, 0) is 15.2 Å². The summed E-state index contributed by atoms with van der Waals surface area (Å²) in [6.07, 6.45) is 0.418. The van der Waals surface area contributed by atoms with E-state index in [9.17, 15) is 4.79 Å². The summed E-state index contributed by atoms with van der Waals surface area (Å²) < 4.78 is 5.67. The molecule has 0 saturated carbocycles. The molecule has 244 valence electrons. The van der Waals surface area contributed by atoms with Gasteiger partial charge < -0.3 is 4.74 Å². The van der Waals surface area contributed by atoms with Crippen molar-refractivity contribution in [2.75, 3.05) is 26.4 Å².